The van der Waals surface area contributed by atoms with Crippen molar-refractivity contribution in [3.63, 3.8) is 0 Å². The van der Waals surface area contributed by atoms with E-state index in [9.17, 15) is 14.4 Å². The van der Waals surface area contributed by atoms with Crippen LogP contribution < -0.4 is 0 Å². The lowest BCUT2D eigenvalue weighted by atomic mass is 9.92. The molecule has 0 N–H and O–H groups in total. The highest BCUT2D eigenvalue weighted by atomic mass is 16.7. The molecule has 1 atom stereocenters. The fourth-order valence-corrected chi connectivity index (χ4v) is 2.92. The summed E-state index contributed by atoms with van der Waals surface area (Å²) in [6.45, 7) is 2.62. The summed E-state index contributed by atoms with van der Waals surface area (Å²) >= 11 is 0. The third-order valence-corrected chi connectivity index (χ3v) is 4.39. The molecule has 0 heterocycles. The molecule has 0 fully saturated rings. The van der Waals surface area contributed by atoms with Gasteiger partial charge in [-0.25, -0.2) is 5.06 Å². The number of hydrogen-bond donors (Lipinski definition) is 0. The van der Waals surface area contributed by atoms with Gasteiger partial charge in [-0.15, -0.1) is 0 Å². The van der Waals surface area contributed by atoms with Crippen molar-refractivity contribution < 1.29 is 24.0 Å². The Morgan fingerprint density at radius 1 is 1.00 bits per heavy atom. The average Bonchev–Trinajstić information content (AvgIpc) is 2.75. The molecule has 0 aliphatic heterocycles. The van der Waals surface area contributed by atoms with Crippen LogP contribution in [0.1, 0.15) is 43.2 Å². The largest absolute Gasteiger partial charge is 0.465 e. The topological polar surface area (TPSA) is 72.9 Å². The molecule has 29 heavy (non-hydrogen) atoms. The molecule has 0 saturated heterocycles. The van der Waals surface area contributed by atoms with Crippen LogP contribution in [-0.4, -0.2) is 36.4 Å². The quantitative estimate of drug-likeness (QED) is 0.170. The smallest absolute Gasteiger partial charge is 0.321 e. The Balaban J connectivity index is 1.81. The Morgan fingerprint density at radius 3 is 2.28 bits per heavy atom. The van der Waals surface area contributed by atoms with Gasteiger partial charge in [-0.1, -0.05) is 60.7 Å². The minimum Gasteiger partial charge on any atom is -0.465 e. The van der Waals surface area contributed by atoms with Gasteiger partial charge in [0.1, 0.15) is 12.5 Å². The summed E-state index contributed by atoms with van der Waals surface area (Å²) in [6.07, 6.45) is 1.99. The van der Waals surface area contributed by atoms with Crippen LogP contribution in [-0.2, 0) is 30.6 Å². The molecule has 0 spiro atoms. The number of hydroxylamine groups is 2. The van der Waals surface area contributed by atoms with E-state index in [1.54, 1.807) is 31.2 Å². The summed E-state index contributed by atoms with van der Waals surface area (Å²) in [6, 6.07) is 18.5. The maximum Gasteiger partial charge on any atom is 0.321 e. The first-order valence-corrected chi connectivity index (χ1v) is 9.78. The molecule has 2 aromatic rings. The molecule has 0 aliphatic rings. The summed E-state index contributed by atoms with van der Waals surface area (Å²) in [5, 5.41) is 1.23. The predicted octanol–water partition coefficient (Wildman–Crippen LogP) is 3.66. The van der Waals surface area contributed by atoms with Crippen LogP contribution in [0.5, 0.6) is 0 Å². The number of benzene rings is 2. The van der Waals surface area contributed by atoms with Gasteiger partial charge in [0, 0.05) is 13.0 Å². The molecule has 1 amide bonds. The van der Waals surface area contributed by atoms with Gasteiger partial charge in [-0.2, -0.15) is 0 Å². The second-order valence-corrected chi connectivity index (χ2v) is 6.52. The van der Waals surface area contributed by atoms with E-state index in [1.165, 1.54) is 5.06 Å². The lowest BCUT2D eigenvalue weighted by Gasteiger charge is -2.17. The third-order valence-electron chi connectivity index (χ3n) is 4.39. The zero-order valence-corrected chi connectivity index (χ0v) is 16.7. The van der Waals surface area contributed by atoms with E-state index < -0.39 is 11.9 Å². The van der Waals surface area contributed by atoms with Crippen LogP contribution in [0, 0.1) is 0 Å². The van der Waals surface area contributed by atoms with Crippen LogP contribution in [0.2, 0.25) is 0 Å². The van der Waals surface area contributed by atoms with Gasteiger partial charge in [0.05, 0.1) is 6.61 Å². The van der Waals surface area contributed by atoms with E-state index in [1.807, 2.05) is 36.4 Å². The van der Waals surface area contributed by atoms with E-state index >= 15 is 0 Å². The highest BCUT2D eigenvalue weighted by Gasteiger charge is 2.28. The van der Waals surface area contributed by atoms with Gasteiger partial charge in [0.2, 0.25) is 6.41 Å². The van der Waals surface area contributed by atoms with E-state index in [2.05, 4.69) is 0 Å². The van der Waals surface area contributed by atoms with E-state index in [0.29, 0.717) is 38.0 Å². The summed E-state index contributed by atoms with van der Waals surface area (Å²) in [5.74, 6) is -1.62. The monoisotopic (exact) mass is 397 g/mol. The number of amides is 1. The lowest BCUT2D eigenvalue weighted by Crippen LogP contribution is -2.25. The summed E-state index contributed by atoms with van der Waals surface area (Å²) in [5.41, 5.74) is 1.60. The number of Topliss-reactive ketones (excluding diaryl/α,β-unsaturated/α-hetero) is 1. The molecule has 6 nitrogen and oxygen atoms in total. The maximum absolute atomic E-state index is 12.7. The van der Waals surface area contributed by atoms with Crippen molar-refractivity contribution in [2.24, 2.45) is 0 Å². The highest BCUT2D eigenvalue weighted by Crippen LogP contribution is 2.21. The van der Waals surface area contributed by atoms with Crippen molar-refractivity contribution >= 4 is 18.2 Å². The number of carbonyl (C=O) groups is 3. The van der Waals surface area contributed by atoms with Crippen molar-refractivity contribution in [2.75, 3.05) is 13.2 Å². The first-order chi connectivity index (χ1) is 14.2. The maximum atomic E-state index is 12.7. The van der Waals surface area contributed by atoms with E-state index in [0.717, 1.165) is 5.56 Å². The van der Waals surface area contributed by atoms with Crippen LogP contribution in [0.3, 0.4) is 0 Å². The number of rotatable bonds is 13. The summed E-state index contributed by atoms with van der Waals surface area (Å²) in [7, 11) is 0. The molecule has 1 unspecified atom stereocenters. The molecule has 0 aromatic heterocycles. The van der Waals surface area contributed by atoms with Gasteiger partial charge >= 0.3 is 5.97 Å². The van der Waals surface area contributed by atoms with Crippen molar-refractivity contribution in [3.8, 4) is 0 Å². The van der Waals surface area contributed by atoms with Gasteiger partial charge in [0.25, 0.3) is 0 Å². The van der Waals surface area contributed by atoms with Gasteiger partial charge in [-0.3, -0.25) is 19.2 Å². The number of carbonyl (C=O) groups excluding carboxylic acids is 3. The predicted molar refractivity (Wildman–Crippen MR) is 109 cm³/mol. The standard InChI is InChI=1S/C23H27NO5/c1-2-28-23(27)22(20-13-7-4-8-14-20)21(26)15-9-10-16-24(18-25)29-17-19-11-5-3-6-12-19/h3-8,11-14,18,22H,2,9-10,15-17H2,1H3. The van der Waals surface area contributed by atoms with Gasteiger partial charge < -0.3 is 4.74 Å². The molecule has 2 aromatic carbocycles. The van der Waals surface area contributed by atoms with Crippen LogP contribution in [0.25, 0.3) is 0 Å². The lowest BCUT2D eigenvalue weighted by molar-refractivity contribution is -0.177. The van der Waals surface area contributed by atoms with Crippen LogP contribution in [0.4, 0.5) is 0 Å². The molecule has 2 rings (SSSR count). The van der Waals surface area contributed by atoms with Crippen molar-refractivity contribution in [3.05, 3.63) is 71.8 Å². The second kappa shape index (κ2) is 12.5. The molecule has 0 saturated carbocycles. The second-order valence-electron chi connectivity index (χ2n) is 6.52. The molecule has 0 aliphatic carbocycles. The fourth-order valence-electron chi connectivity index (χ4n) is 2.92. The zero-order chi connectivity index (χ0) is 20.9. The molecule has 0 radical (unpaired) electrons. The minimum atomic E-state index is -0.910. The van der Waals surface area contributed by atoms with Crippen molar-refractivity contribution in [1.82, 2.24) is 5.06 Å². The molecule has 0 bridgehead atoms. The number of hydrogen-bond acceptors (Lipinski definition) is 5. The van der Waals surface area contributed by atoms with Gasteiger partial charge in [0.15, 0.2) is 5.78 Å². The normalized spacial score (nSPS) is 11.5. The van der Waals surface area contributed by atoms with Gasteiger partial charge in [-0.05, 0) is 30.9 Å². The Morgan fingerprint density at radius 2 is 1.66 bits per heavy atom. The first-order valence-electron chi connectivity index (χ1n) is 9.78. The number of unbranched alkanes of at least 4 members (excludes halogenated alkanes) is 1. The molecular weight excluding hydrogens is 370 g/mol. The summed E-state index contributed by atoms with van der Waals surface area (Å²) in [4.78, 5) is 41.6. The Kier molecular flexibility index (Phi) is 9.59. The van der Waals surface area contributed by atoms with E-state index in [-0.39, 0.29) is 18.8 Å². The Bertz CT molecular complexity index is 763. The molecule has 6 heteroatoms. The fraction of sp³-hybridized carbons (Fsp3) is 0.348. The average molecular weight is 397 g/mol. The zero-order valence-electron chi connectivity index (χ0n) is 16.7. The van der Waals surface area contributed by atoms with Crippen LogP contribution in [0.15, 0.2) is 60.7 Å². The minimum absolute atomic E-state index is 0.183. The van der Waals surface area contributed by atoms with Crippen molar-refractivity contribution in [1.29, 1.82) is 0 Å². The Labute approximate surface area is 171 Å². The SMILES string of the molecule is CCOC(=O)C(C(=O)CCCCN(C=O)OCc1ccccc1)c1ccccc1. The number of ether oxygens (including phenoxy) is 1. The molecular formula is C23H27NO5. The number of esters is 1. The summed E-state index contributed by atoms with van der Waals surface area (Å²) < 4.78 is 5.08. The molecule has 154 valence electrons. The first kappa shape index (κ1) is 22.3. The Hall–Kier alpha value is -2.99. The number of ketones is 1. The van der Waals surface area contributed by atoms with Crippen molar-refractivity contribution in [2.45, 2.75) is 38.7 Å². The number of nitrogens with zero attached hydrogens (tertiary/aromatic N) is 1. The van der Waals surface area contributed by atoms with E-state index in [4.69, 9.17) is 9.57 Å². The highest BCUT2D eigenvalue weighted by molar-refractivity contribution is 6.04. The third kappa shape index (κ3) is 7.50. The van der Waals surface area contributed by atoms with Crippen LogP contribution >= 0.6 is 0 Å².